The van der Waals surface area contributed by atoms with E-state index in [2.05, 4.69) is 0 Å². The molecule has 0 bridgehead atoms. The van der Waals surface area contributed by atoms with E-state index in [1.165, 1.54) is 4.88 Å². The number of fused-ring (bicyclic) bond motifs is 1. The van der Waals surface area contributed by atoms with Crippen LogP contribution < -0.4 is 0 Å². The lowest BCUT2D eigenvalue weighted by atomic mass is 10.1. The average molecular weight is 206 g/mol. The van der Waals surface area contributed by atoms with E-state index in [0.29, 0.717) is 5.56 Å². The molecule has 2 rings (SSSR count). The summed E-state index contributed by atoms with van der Waals surface area (Å²) < 4.78 is 1.01. The Balaban J connectivity index is 2.78. The molecule has 0 fully saturated rings. The zero-order chi connectivity index (χ0) is 10.1. The number of thiophene rings is 1. The maximum atomic E-state index is 10.8. The van der Waals surface area contributed by atoms with Crippen molar-refractivity contribution in [2.24, 2.45) is 0 Å². The van der Waals surface area contributed by atoms with Gasteiger partial charge in [0.1, 0.15) is 0 Å². The van der Waals surface area contributed by atoms with Gasteiger partial charge in [0.2, 0.25) is 0 Å². The van der Waals surface area contributed by atoms with Crippen LogP contribution in [0.2, 0.25) is 0 Å². The van der Waals surface area contributed by atoms with E-state index in [1.54, 1.807) is 17.4 Å². The van der Waals surface area contributed by atoms with E-state index in [1.807, 2.05) is 19.1 Å². The summed E-state index contributed by atoms with van der Waals surface area (Å²) in [5.74, 6) is 0. The van der Waals surface area contributed by atoms with Gasteiger partial charge in [-0.05, 0) is 36.1 Å². The van der Waals surface area contributed by atoms with Gasteiger partial charge in [-0.3, -0.25) is 4.79 Å². The summed E-state index contributed by atoms with van der Waals surface area (Å²) in [4.78, 5) is 12.0. The molecule has 3 heteroatoms. The second-order valence-corrected chi connectivity index (χ2v) is 4.49. The van der Waals surface area contributed by atoms with Crippen LogP contribution in [0.1, 0.15) is 20.8 Å². The monoisotopic (exact) mass is 206 g/mol. The van der Waals surface area contributed by atoms with E-state index in [9.17, 15) is 4.79 Å². The summed E-state index contributed by atoms with van der Waals surface area (Å²) in [6, 6.07) is 5.70. The van der Waals surface area contributed by atoms with Gasteiger partial charge in [0, 0.05) is 15.1 Å². The minimum atomic E-state index is -0.0221. The fraction of sp³-hybridized carbons (Fsp3) is 0.182. The fourth-order valence-electron chi connectivity index (χ4n) is 1.55. The molecule has 14 heavy (non-hydrogen) atoms. The fourth-order valence-corrected chi connectivity index (χ4v) is 2.52. The van der Waals surface area contributed by atoms with Crippen LogP contribution in [0.15, 0.2) is 18.2 Å². The number of benzene rings is 1. The van der Waals surface area contributed by atoms with Gasteiger partial charge < -0.3 is 5.11 Å². The Bertz CT molecular complexity index is 485. The quantitative estimate of drug-likeness (QED) is 0.766. The molecule has 0 saturated heterocycles. The number of rotatable bonds is 2. The third-order valence-electron chi connectivity index (χ3n) is 2.14. The van der Waals surface area contributed by atoms with Crippen molar-refractivity contribution in [2.45, 2.75) is 13.5 Å². The zero-order valence-electron chi connectivity index (χ0n) is 7.78. The largest absolute Gasteiger partial charge is 0.392 e. The van der Waals surface area contributed by atoms with Crippen LogP contribution in [0.3, 0.4) is 0 Å². The molecule has 0 unspecified atom stereocenters. The van der Waals surface area contributed by atoms with Crippen LogP contribution in [0.5, 0.6) is 0 Å². The van der Waals surface area contributed by atoms with E-state index in [-0.39, 0.29) is 6.61 Å². The van der Waals surface area contributed by atoms with Crippen molar-refractivity contribution >= 4 is 27.7 Å². The predicted molar refractivity (Wildman–Crippen MR) is 57.9 cm³/mol. The number of carbonyl (C=O) groups excluding carboxylic acids is 1. The molecular formula is C11H10O2S. The lowest BCUT2D eigenvalue weighted by molar-refractivity contribution is 0.112. The van der Waals surface area contributed by atoms with Gasteiger partial charge in [-0.2, -0.15) is 0 Å². The van der Waals surface area contributed by atoms with Crippen LogP contribution in [0.4, 0.5) is 0 Å². The molecule has 0 radical (unpaired) electrons. The Kier molecular flexibility index (Phi) is 2.35. The van der Waals surface area contributed by atoms with Crippen molar-refractivity contribution in [3.05, 3.63) is 34.2 Å². The van der Waals surface area contributed by atoms with Crippen LogP contribution in [-0.2, 0) is 6.61 Å². The Hall–Kier alpha value is -1.19. The molecule has 0 aliphatic carbocycles. The van der Waals surface area contributed by atoms with Crippen molar-refractivity contribution in [3.63, 3.8) is 0 Å². The molecule has 0 spiro atoms. The van der Waals surface area contributed by atoms with Gasteiger partial charge in [-0.15, -0.1) is 11.3 Å². The number of carbonyl (C=O) groups is 1. The van der Waals surface area contributed by atoms with Gasteiger partial charge in [0.15, 0.2) is 6.29 Å². The number of hydrogen-bond acceptors (Lipinski definition) is 3. The maximum Gasteiger partial charge on any atom is 0.151 e. The Morgan fingerprint density at radius 1 is 1.43 bits per heavy atom. The Morgan fingerprint density at radius 2 is 2.21 bits per heavy atom. The van der Waals surface area contributed by atoms with E-state index >= 15 is 0 Å². The molecule has 0 aliphatic rings. The molecule has 1 aromatic heterocycles. The maximum absolute atomic E-state index is 10.8. The van der Waals surface area contributed by atoms with Crippen molar-refractivity contribution in [1.82, 2.24) is 0 Å². The van der Waals surface area contributed by atoms with Gasteiger partial charge in [-0.25, -0.2) is 0 Å². The summed E-state index contributed by atoms with van der Waals surface area (Å²) in [5.41, 5.74) is 1.46. The second-order valence-electron chi connectivity index (χ2n) is 3.24. The second kappa shape index (κ2) is 3.52. The Labute approximate surface area is 85.8 Å². The van der Waals surface area contributed by atoms with E-state index in [4.69, 9.17) is 5.11 Å². The molecule has 2 aromatic rings. The molecule has 1 heterocycles. The summed E-state index contributed by atoms with van der Waals surface area (Å²) in [5, 5.41) is 10.1. The molecule has 1 N–H and O–H groups in total. The highest BCUT2D eigenvalue weighted by Crippen LogP contribution is 2.28. The van der Waals surface area contributed by atoms with Crippen molar-refractivity contribution in [1.29, 1.82) is 0 Å². The number of aryl methyl sites for hydroxylation is 1. The van der Waals surface area contributed by atoms with E-state index < -0.39 is 0 Å². The van der Waals surface area contributed by atoms with Crippen molar-refractivity contribution in [2.75, 3.05) is 0 Å². The molecular weight excluding hydrogens is 196 g/mol. The molecule has 0 aliphatic heterocycles. The summed E-state index contributed by atoms with van der Waals surface area (Å²) in [6.07, 6.45) is 0.845. The third-order valence-corrected chi connectivity index (χ3v) is 3.25. The van der Waals surface area contributed by atoms with Crippen molar-refractivity contribution in [3.8, 4) is 0 Å². The molecule has 0 amide bonds. The Morgan fingerprint density at radius 3 is 2.86 bits per heavy atom. The lowest BCUT2D eigenvalue weighted by Crippen LogP contribution is -1.86. The molecule has 72 valence electrons. The molecule has 2 nitrogen and oxygen atoms in total. The average Bonchev–Trinajstić information content (AvgIpc) is 2.56. The summed E-state index contributed by atoms with van der Waals surface area (Å²) in [7, 11) is 0. The highest BCUT2D eigenvalue weighted by atomic mass is 32.1. The summed E-state index contributed by atoms with van der Waals surface area (Å²) >= 11 is 1.61. The zero-order valence-corrected chi connectivity index (χ0v) is 8.60. The minimum absolute atomic E-state index is 0.0221. The van der Waals surface area contributed by atoms with E-state index in [0.717, 1.165) is 21.9 Å². The van der Waals surface area contributed by atoms with Crippen LogP contribution in [0.25, 0.3) is 10.1 Å². The first-order valence-electron chi connectivity index (χ1n) is 4.33. The van der Waals surface area contributed by atoms with Gasteiger partial charge in [0.05, 0.1) is 6.61 Å². The van der Waals surface area contributed by atoms with Crippen LogP contribution in [0, 0.1) is 6.92 Å². The normalized spacial score (nSPS) is 10.7. The predicted octanol–water partition coefficient (Wildman–Crippen LogP) is 2.51. The first-order chi connectivity index (χ1) is 6.74. The standard InChI is InChI=1S/C11H10O2S/c1-7-2-9-3-8(5-12)4-10(6-13)11(9)14-7/h2-4,6,12H,5H2,1H3. The SMILES string of the molecule is Cc1cc2cc(CO)cc(C=O)c2s1. The number of hydrogen-bond donors (Lipinski definition) is 1. The highest BCUT2D eigenvalue weighted by molar-refractivity contribution is 7.19. The molecule has 0 saturated carbocycles. The number of aliphatic hydroxyl groups excluding tert-OH is 1. The van der Waals surface area contributed by atoms with Crippen LogP contribution >= 0.6 is 11.3 Å². The van der Waals surface area contributed by atoms with Gasteiger partial charge in [0.25, 0.3) is 0 Å². The number of aldehydes is 1. The topological polar surface area (TPSA) is 37.3 Å². The number of aliphatic hydroxyl groups is 1. The smallest absolute Gasteiger partial charge is 0.151 e. The van der Waals surface area contributed by atoms with Gasteiger partial charge in [-0.1, -0.05) is 0 Å². The third kappa shape index (κ3) is 1.45. The highest BCUT2D eigenvalue weighted by Gasteiger charge is 2.05. The molecule has 1 aromatic carbocycles. The first-order valence-corrected chi connectivity index (χ1v) is 5.15. The lowest BCUT2D eigenvalue weighted by Gasteiger charge is -1.99. The minimum Gasteiger partial charge on any atom is -0.392 e. The van der Waals surface area contributed by atoms with Gasteiger partial charge >= 0.3 is 0 Å². The van der Waals surface area contributed by atoms with Crippen molar-refractivity contribution < 1.29 is 9.90 Å². The summed E-state index contributed by atoms with van der Waals surface area (Å²) in [6.45, 7) is 1.99. The molecule has 0 atom stereocenters. The van der Waals surface area contributed by atoms with Crippen LogP contribution in [-0.4, -0.2) is 11.4 Å². The first kappa shape index (κ1) is 9.37.